The fourth-order valence-electron chi connectivity index (χ4n) is 3.89. The Hall–Kier alpha value is -4.93. The molecule has 1 amide bonds. The van der Waals surface area contributed by atoms with Crippen molar-refractivity contribution in [3.63, 3.8) is 0 Å². The van der Waals surface area contributed by atoms with Gasteiger partial charge in [-0.3, -0.25) is 19.6 Å². The molecule has 4 heterocycles. The average Bonchev–Trinajstić information content (AvgIpc) is 3.42. The third-order valence-corrected chi connectivity index (χ3v) is 7.09. The molecule has 0 bridgehead atoms. The topological polar surface area (TPSA) is 125 Å². The van der Waals surface area contributed by atoms with Crippen molar-refractivity contribution in [3.05, 3.63) is 124 Å². The average molecular weight is 551 g/mol. The maximum Gasteiger partial charge on any atom is 0.284 e. The van der Waals surface area contributed by atoms with Gasteiger partial charge in [-0.2, -0.15) is 9.78 Å². The molecule has 40 heavy (non-hydrogen) atoms. The molecule has 3 N–H and O–H groups in total. The number of hydrogen-bond donors (Lipinski definition) is 2. The van der Waals surface area contributed by atoms with E-state index in [1.807, 2.05) is 37.3 Å². The number of carbonyl (C=O) groups is 1. The molecule has 0 saturated carbocycles. The van der Waals surface area contributed by atoms with Crippen LogP contribution >= 0.6 is 11.3 Å². The van der Waals surface area contributed by atoms with Crippen molar-refractivity contribution in [2.24, 2.45) is 5.73 Å². The second kappa shape index (κ2) is 11.9. The van der Waals surface area contributed by atoms with Crippen molar-refractivity contribution < 1.29 is 9.53 Å². The zero-order valence-electron chi connectivity index (χ0n) is 21.9. The first-order valence-corrected chi connectivity index (χ1v) is 13.3. The van der Waals surface area contributed by atoms with Crippen molar-refractivity contribution in [1.29, 1.82) is 0 Å². The van der Waals surface area contributed by atoms with Crippen LogP contribution in [0.2, 0.25) is 0 Å². The summed E-state index contributed by atoms with van der Waals surface area (Å²) < 4.78 is 8.21. The standard InChI is InChI=1S/C30H26N6O3S/c1-19(35-29(37)23-12-15-34-36(30(23)38)22-6-4-3-5-7-22)8-9-20(2)39-26-13-14-32-25-16-27(40-28(25)26)24-11-10-21(17-31)18-33-24/h3-16,18H,17,31H2,1-2H3,(H,35,37)/b19-8+,20-9+. The van der Waals surface area contributed by atoms with Crippen molar-refractivity contribution >= 4 is 27.5 Å². The second-order valence-corrected chi connectivity index (χ2v) is 9.92. The summed E-state index contributed by atoms with van der Waals surface area (Å²) in [7, 11) is 0. The van der Waals surface area contributed by atoms with Gasteiger partial charge in [0.1, 0.15) is 17.1 Å². The molecule has 4 aromatic heterocycles. The summed E-state index contributed by atoms with van der Waals surface area (Å²) in [5, 5.41) is 6.84. The molecule has 0 spiro atoms. The lowest BCUT2D eigenvalue weighted by Crippen LogP contribution is -2.32. The highest BCUT2D eigenvalue weighted by Crippen LogP contribution is 2.37. The number of fused-ring (bicyclic) bond motifs is 1. The Kier molecular flexibility index (Phi) is 7.90. The monoisotopic (exact) mass is 550 g/mol. The molecule has 0 atom stereocenters. The van der Waals surface area contributed by atoms with Crippen LogP contribution in [0.4, 0.5) is 0 Å². The van der Waals surface area contributed by atoms with E-state index in [9.17, 15) is 9.59 Å². The number of carbonyl (C=O) groups excluding carboxylic acids is 1. The number of pyridine rings is 2. The fraction of sp³-hybridized carbons (Fsp3) is 0.100. The minimum Gasteiger partial charge on any atom is -0.460 e. The number of ether oxygens (including phenoxy) is 1. The minimum atomic E-state index is -0.520. The minimum absolute atomic E-state index is 0.0108. The van der Waals surface area contributed by atoms with E-state index in [1.54, 1.807) is 67.1 Å². The van der Waals surface area contributed by atoms with E-state index in [-0.39, 0.29) is 5.56 Å². The summed E-state index contributed by atoms with van der Waals surface area (Å²) in [6.45, 7) is 4.00. The summed E-state index contributed by atoms with van der Waals surface area (Å²) >= 11 is 1.55. The van der Waals surface area contributed by atoms with Crippen molar-refractivity contribution in [3.8, 4) is 22.0 Å². The summed E-state index contributed by atoms with van der Waals surface area (Å²) in [5.41, 5.74) is 8.91. The number of para-hydroxylation sites is 1. The van der Waals surface area contributed by atoms with Crippen LogP contribution in [0.3, 0.4) is 0 Å². The predicted molar refractivity (Wildman–Crippen MR) is 156 cm³/mol. The molecule has 1 aromatic carbocycles. The van der Waals surface area contributed by atoms with Crippen LogP contribution in [0.15, 0.2) is 108 Å². The van der Waals surface area contributed by atoms with Crippen LogP contribution in [-0.4, -0.2) is 25.7 Å². The molecular weight excluding hydrogens is 524 g/mol. The number of nitrogens with two attached hydrogens (primary N) is 1. The normalized spacial score (nSPS) is 12.0. The van der Waals surface area contributed by atoms with Crippen LogP contribution in [-0.2, 0) is 6.54 Å². The molecule has 0 aliphatic heterocycles. The lowest BCUT2D eigenvalue weighted by atomic mass is 10.2. The number of amides is 1. The van der Waals surface area contributed by atoms with E-state index in [0.29, 0.717) is 29.4 Å². The Labute approximate surface area is 234 Å². The highest BCUT2D eigenvalue weighted by molar-refractivity contribution is 7.22. The van der Waals surface area contributed by atoms with Crippen LogP contribution in [0.25, 0.3) is 26.5 Å². The molecule has 0 saturated heterocycles. The van der Waals surface area contributed by atoms with E-state index in [1.165, 1.54) is 16.9 Å². The molecule has 5 aromatic rings. The van der Waals surface area contributed by atoms with Crippen LogP contribution in [0.1, 0.15) is 29.8 Å². The number of hydrogen-bond acceptors (Lipinski definition) is 8. The van der Waals surface area contributed by atoms with E-state index in [4.69, 9.17) is 10.5 Å². The fourth-order valence-corrected chi connectivity index (χ4v) is 4.93. The van der Waals surface area contributed by atoms with Gasteiger partial charge in [0.15, 0.2) is 0 Å². The summed E-state index contributed by atoms with van der Waals surface area (Å²) in [6.07, 6.45) is 8.36. The van der Waals surface area contributed by atoms with E-state index in [0.717, 1.165) is 26.4 Å². The molecule has 0 aliphatic rings. The van der Waals surface area contributed by atoms with Gasteiger partial charge in [-0.25, -0.2) is 0 Å². The smallest absolute Gasteiger partial charge is 0.284 e. The molecule has 10 heteroatoms. The zero-order chi connectivity index (χ0) is 28.1. The highest BCUT2D eigenvalue weighted by Gasteiger charge is 2.14. The van der Waals surface area contributed by atoms with Gasteiger partial charge < -0.3 is 15.8 Å². The predicted octanol–water partition coefficient (Wildman–Crippen LogP) is 4.98. The van der Waals surface area contributed by atoms with Gasteiger partial charge in [-0.15, -0.1) is 11.3 Å². The first-order valence-electron chi connectivity index (χ1n) is 12.4. The lowest BCUT2D eigenvalue weighted by Gasteiger charge is -2.08. The Morgan fingerprint density at radius 1 is 1.05 bits per heavy atom. The number of nitrogens with one attached hydrogen (secondary N) is 1. The maximum atomic E-state index is 12.9. The van der Waals surface area contributed by atoms with Gasteiger partial charge in [-0.05, 0) is 61.9 Å². The molecule has 0 fully saturated rings. The Morgan fingerprint density at radius 3 is 2.62 bits per heavy atom. The summed E-state index contributed by atoms with van der Waals surface area (Å²) in [4.78, 5) is 35.7. The molecular formula is C30H26N6O3S. The number of rotatable bonds is 8. The van der Waals surface area contributed by atoms with Crippen LogP contribution in [0.5, 0.6) is 5.75 Å². The Morgan fingerprint density at radius 2 is 1.88 bits per heavy atom. The largest absolute Gasteiger partial charge is 0.460 e. The molecule has 9 nitrogen and oxygen atoms in total. The lowest BCUT2D eigenvalue weighted by molar-refractivity contribution is 0.0964. The summed E-state index contributed by atoms with van der Waals surface area (Å²) in [6, 6.07) is 18.0. The summed E-state index contributed by atoms with van der Waals surface area (Å²) in [5.74, 6) is 0.756. The number of thiophene rings is 1. The first-order chi connectivity index (χ1) is 19.4. The highest BCUT2D eigenvalue weighted by atomic mass is 32.1. The molecule has 0 unspecified atom stereocenters. The van der Waals surface area contributed by atoms with Gasteiger partial charge in [0, 0.05) is 36.9 Å². The SMILES string of the molecule is C/C(=C\C=C(/C)Oc1ccnc2cc(-c3ccc(CN)cn3)sc12)NC(=O)c1ccnn(-c2ccccc2)c1=O. The third-order valence-electron chi connectivity index (χ3n) is 5.93. The van der Waals surface area contributed by atoms with E-state index < -0.39 is 11.5 Å². The maximum absolute atomic E-state index is 12.9. The van der Waals surface area contributed by atoms with Gasteiger partial charge in [0.05, 0.1) is 26.5 Å². The van der Waals surface area contributed by atoms with Gasteiger partial charge in [0.25, 0.3) is 11.5 Å². The second-order valence-electron chi connectivity index (χ2n) is 8.87. The third kappa shape index (κ3) is 5.88. The van der Waals surface area contributed by atoms with Crippen LogP contribution in [0, 0.1) is 0 Å². The zero-order valence-corrected chi connectivity index (χ0v) is 22.7. The van der Waals surface area contributed by atoms with E-state index >= 15 is 0 Å². The van der Waals surface area contributed by atoms with Gasteiger partial charge >= 0.3 is 0 Å². The number of aromatic nitrogens is 4. The number of allylic oxidation sites excluding steroid dienone is 4. The van der Waals surface area contributed by atoms with Crippen LogP contribution < -0.4 is 21.3 Å². The Balaban J connectivity index is 1.30. The quantitative estimate of drug-likeness (QED) is 0.206. The number of nitrogens with zero attached hydrogens (tertiary/aromatic N) is 4. The molecule has 0 radical (unpaired) electrons. The van der Waals surface area contributed by atoms with Crippen molar-refractivity contribution in [1.82, 2.24) is 25.1 Å². The first kappa shape index (κ1) is 26.7. The number of benzene rings is 1. The molecule has 200 valence electrons. The van der Waals surface area contributed by atoms with Gasteiger partial charge in [0.2, 0.25) is 0 Å². The molecule has 5 rings (SSSR count). The van der Waals surface area contributed by atoms with Crippen molar-refractivity contribution in [2.45, 2.75) is 20.4 Å². The van der Waals surface area contributed by atoms with E-state index in [2.05, 4.69) is 20.4 Å². The Bertz CT molecular complexity index is 1790. The van der Waals surface area contributed by atoms with Crippen molar-refractivity contribution in [2.75, 3.05) is 0 Å². The molecule has 0 aliphatic carbocycles. The van der Waals surface area contributed by atoms with Gasteiger partial charge in [-0.1, -0.05) is 24.3 Å².